The van der Waals surface area contributed by atoms with Gasteiger partial charge in [-0.1, -0.05) is 18.2 Å². The first-order chi connectivity index (χ1) is 10.1. The van der Waals surface area contributed by atoms with Crippen molar-refractivity contribution in [3.63, 3.8) is 0 Å². The third-order valence-corrected chi connectivity index (χ3v) is 3.78. The number of pyridine rings is 1. The lowest BCUT2D eigenvalue weighted by Crippen LogP contribution is -2.01. The van der Waals surface area contributed by atoms with Gasteiger partial charge in [0.15, 0.2) is 0 Å². The van der Waals surface area contributed by atoms with Crippen LogP contribution in [0.3, 0.4) is 0 Å². The highest BCUT2D eigenvalue weighted by Crippen LogP contribution is 2.28. The van der Waals surface area contributed by atoms with Crippen LogP contribution in [-0.4, -0.2) is 10.1 Å². The number of phenols is 1. The molecule has 0 saturated heterocycles. The van der Waals surface area contributed by atoms with Gasteiger partial charge in [0.1, 0.15) is 5.75 Å². The fourth-order valence-electron chi connectivity index (χ4n) is 2.46. The lowest BCUT2D eigenvalue weighted by molar-refractivity contribution is 0.467. The second-order valence-corrected chi connectivity index (χ2v) is 5.29. The molecule has 2 aromatic carbocycles. The van der Waals surface area contributed by atoms with Crippen molar-refractivity contribution in [2.75, 3.05) is 5.32 Å². The Balaban J connectivity index is 1.82. The first-order valence-corrected chi connectivity index (χ1v) is 7.02. The Hall–Kier alpha value is -2.55. The molecule has 1 heterocycles. The number of aryl methyl sites for hydroxylation is 1. The summed E-state index contributed by atoms with van der Waals surface area (Å²) >= 11 is 0. The molecule has 3 heteroatoms. The molecular weight excluding hydrogens is 260 g/mol. The zero-order valence-electron chi connectivity index (χ0n) is 12.2. The van der Waals surface area contributed by atoms with Crippen LogP contribution < -0.4 is 5.32 Å². The van der Waals surface area contributed by atoms with Gasteiger partial charge in [-0.05, 0) is 49.2 Å². The summed E-state index contributed by atoms with van der Waals surface area (Å²) in [5.74, 6) is 0.364. The number of nitrogens with one attached hydrogen (secondary N) is 1. The fraction of sp³-hybridized carbons (Fsp3) is 0.167. The Bertz CT molecular complexity index is 796. The number of aromatic nitrogens is 1. The Morgan fingerprint density at radius 3 is 2.81 bits per heavy atom. The first-order valence-electron chi connectivity index (χ1n) is 7.02. The number of aromatic hydroxyl groups is 1. The summed E-state index contributed by atoms with van der Waals surface area (Å²) in [6.07, 6.45) is 1.80. The van der Waals surface area contributed by atoms with E-state index >= 15 is 0 Å². The summed E-state index contributed by atoms with van der Waals surface area (Å²) in [6.45, 7) is 4.55. The Kier molecular flexibility index (Phi) is 3.48. The molecule has 2 N–H and O–H groups in total. The molecule has 0 unspecified atom stereocenters. The maximum atomic E-state index is 9.98. The molecule has 3 nitrogen and oxygen atoms in total. The Morgan fingerprint density at radius 1 is 1.10 bits per heavy atom. The normalized spacial score (nSPS) is 10.8. The van der Waals surface area contributed by atoms with Crippen LogP contribution in [0.25, 0.3) is 10.9 Å². The van der Waals surface area contributed by atoms with Crippen LogP contribution in [-0.2, 0) is 6.54 Å². The van der Waals surface area contributed by atoms with Crippen LogP contribution in [0.5, 0.6) is 5.75 Å². The average Bonchev–Trinajstić information content (AvgIpc) is 2.52. The summed E-state index contributed by atoms with van der Waals surface area (Å²) in [7, 11) is 0. The fourth-order valence-corrected chi connectivity index (χ4v) is 2.46. The van der Waals surface area contributed by atoms with Crippen molar-refractivity contribution in [3.8, 4) is 5.75 Å². The van der Waals surface area contributed by atoms with Crippen LogP contribution in [0.1, 0.15) is 16.7 Å². The number of hydrogen-bond donors (Lipinski definition) is 2. The van der Waals surface area contributed by atoms with Gasteiger partial charge in [0.25, 0.3) is 0 Å². The molecule has 0 amide bonds. The van der Waals surface area contributed by atoms with Gasteiger partial charge in [0, 0.05) is 29.4 Å². The number of benzene rings is 2. The van der Waals surface area contributed by atoms with Gasteiger partial charge in [-0.25, -0.2) is 0 Å². The van der Waals surface area contributed by atoms with E-state index in [1.807, 2.05) is 38.1 Å². The summed E-state index contributed by atoms with van der Waals surface area (Å²) < 4.78 is 0. The van der Waals surface area contributed by atoms with Gasteiger partial charge < -0.3 is 10.4 Å². The molecule has 0 aliphatic heterocycles. The second kappa shape index (κ2) is 5.44. The highest BCUT2D eigenvalue weighted by molar-refractivity contribution is 5.79. The van der Waals surface area contributed by atoms with Crippen molar-refractivity contribution in [3.05, 3.63) is 65.4 Å². The summed E-state index contributed by atoms with van der Waals surface area (Å²) in [4.78, 5) is 4.32. The van der Waals surface area contributed by atoms with Crippen molar-refractivity contribution in [1.29, 1.82) is 0 Å². The molecule has 21 heavy (non-hydrogen) atoms. The highest BCUT2D eigenvalue weighted by Gasteiger charge is 2.06. The predicted molar refractivity (Wildman–Crippen MR) is 86.7 cm³/mol. The molecule has 0 aliphatic carbocycles. The van der Waals surface area contributed by atoms with Crippen molar-refractivity contribution < 1.29 is 5.11 Å². The van der Waals surface area contributed by atoms with E-state index in [1.165, 1.54) is 5.56 Å². The van der Waals surface area contributed by atoms with Crippen LogP contribution in [0.2, 0.25) is 0 Å². The molecule has 1 aromatic heterocycles. The SMILES string of the molecule is Cc1ccc(NCc2ccc3ncccc3c2)c(C)c1O. The molecule has 106 valence electrons. The van der Waals surface area contributed by atoms with Crippen molar-refractivity contribution >= 4 is 16.6 Å². The van der Waals surface area contributed by atoms with Gasteiger partial charge in [-0.3, -0.25) is 4.98 Å². The van der Waals surface area contributed by atoms with Crippen LogP contribution >= 0.6 is 0 Å². The van der Waals surface area contributed by atoms with Gasteiger partial charge in [0.2, 0.25) is 0 Å². The third-order valence-electron chi connectivity index (χ3n) is 3.78. The molecule has 0 spiro atoms. The predicted octanol–water partition coefficient (Wildman–Crippen LogP) is 4.17. The minimum absolute atomic E-state index is 0.364. The lowest BCUT2D eigenvalue weighted by Gasteiger charge is -2.12. The molecule has 0 fully saturated rings. The number of anilines is 1. The molecule has 0 bridgehead atoms. The Labute approximate surface area is 124 Å². The lowest BCUT2D eigenvalue weighted by atomic mass is 10.1. The maximum absolute atomic E-state index is 9.98. The summed E-state index contributed by atoms with van der Waals surface area (Å²) in [5, 5.41) is 14.5. The minimum Gasteiger partial charge on any atom is -0.507 e. The minimum atomic E-state index is 0.364. The molecule has 0 atom stereocenters. The average molecular weight is 278 g/mol. The number of rotatable bonds is 3. The van der Waals surface area contributed by atoms with E-state index in [1.54, 1.807) is 6.20 Å². The topological polar surface area (TPSA) is 45.2 Å². The highest BCUT2D eigenvalue weighted by atomic mass is 16.3. The van der Waals surface area contributed by atoms with E-state index in [0.29, 0.717) is 12.3 Å². The number of phenolic OH excluding ortho intramolecular Hbond substituents is 1. The van der Waals surface area contributed by atoms with E-state index in [4.69, 9.17) is 0 Å². The molecule has 0 saturated carbocycles. The first kappa shape index (κ1) is 13.4. The van der Waals surface area contributed by atoms with Gasteiger partial charge in [-0.15, -0.1) is 0 Å². The van der Waals surface area contributed by atoms with E-state index < -0.39 is 0 Å². The second-order valence-electron chi connectivity index (χ2n) is 5.29. The zero-order valence-corrected chi connectivity index (χ0v) is 12.2. The zero-order chi connectivity index (χ0) is 14.8. The smallest absolute Gasteiger partial charge is 0.123 e. The molecular formula is C18H18N2O. The van der Waals surface area contributed by atoms with Gasteiger partial charge in [0.05, 0.1) is 5.52 Å². The van der Waals surface area contributed by atoms with Crippen molar-refractivity contribution in [2.24, 2.45) is 0 Å². The summed E-state index contributed by atoms with van der Waals surface area (Å²) in [5.41, 5.74) is 4.94. The number of nitrogens with zero attached hydrogens (tertiary/aromatic N) is 1. The van der Waals surface area contributed by atoms with E-state index in [2.05, 4.69) is 28.5 Å². The largest absolute Gasteiger partial charge is 0.507 e. The third kappa shape index (κ3) is 2.68. The Morgan fingerprint density at radius 2 is 1.95 bits per heavy atom. The van der Waals surface area contributed by atoms with Crippen molar-refractivity contribution in [2.45, 2.75) is 20.4 Å². The van der Waals surface area contributed by atoms with E-state index in [9.17, 15) is 5.11 Å². The maximum Gasteiger partial charge on any atom is 0.123 e. The van der Waals surface area contributed by atoms with Crippen LogP contribution in [0.4, 0.5) is 5.69 Å². The molecule has 3 rings (SSSR count). The standard InChI is InChI=1S/C18H18N2O/c1-12-5-7-16(13(2)18(12)21)20-11-14-6-8-17-15(10-14)4-3-9-19-17/h3-10,20-21H,11H2,1-2H3. The molecule has 0 radical (unpaired) electrons. The van der Waals surface area contributed by atoms with Crippen molar-refractivity contribution in [1.82, 2.24) is 4.98 Å². The monoisotopic (exact) mass is 278 g/mol. The van der Waals surface area contributed by atoms with E-state index in [0.717, 1.165) is 27.7 Å². The van der Waals surface area contributed by atoms with Gasteiger partial charge in [-0.2, -0.15) is 0 Å². The van der Waals surface area contributed by atoms with Crippen LogP contribution in [0, 0.1) is 13.8 Å². The molecule has 3 aromatic rings. The molecule has 0 aliphatic rings. The van der Waals surface area contributed by atoms with Gasteiger partial charge >= 0.3 is 0 Å². The number of fused-ring (bicyclic) bond motifs is 1. The van der Waals surface area contributed by atoms with E-state index in [-0.39, 0.29) is 0 Å². The number of hydrogen-bond acceptors (Lipinski definition) is 3. The summed E-state index contributed by atoms with van der Waals surface area (Å²) in [6, 6.07) is 14.2. The van der Waals surface area contributed by atoms with Crippen LogP contribution in [0.15, 0.2) is 48.7 Å². The quantitative estimate of drug-likeness (QED) is 0.755.